The lowest BCUT2D eigenvalue weighted by atomic mass is 9.67. The first kappa shape index (κ1) is 14.4. The second-order valence-electron chi connectivity index (χ2n) is 8.15. The number of rotatable bonds is 1. The summed E-state index contributed by atoms with van der Waals surface area (Å²) in [7, 11) is 0. The van der Waals surface area contributed by atoms with Crippen molar-refractivity contribution >= 4 is 27.6 Å². The maximum atomic E-state index is 6.38. The zero-order valence-corrected chi connectivity index (χ0v) is 14.8. The minimum absolute atomic E-state index is 0.270. The Morgan fingerprint density at radius 1 is 1.04 bits per heavy atom. The quantitative estimate of drug-likeness (QED) is 0.542. The van der Waals surface area contributed by atoms with E-state index in [0.717, 1.165) is 17.1 Å². The highest BCUT2D eigenvalue weighted by atomic mass is 16.3. The molecule has 0 spiro atoms. The number of furan rings is 1. The summed E-state index contributed by atoms with van der Waals surface area (Å²) in [6, 6.07) is 13.5. The number of nitrogens with zero attached hydrogens (tertiary/aromatic N) is 1. The van der Waals surface area contributed by atoms with Gasteiger partial charge in [-0.25, -0.2) is 0 Å². The Kier molecular flexibility index (Phi) is 2.87. The van der Waals surface area contributed by atoms with Crippen LogP contribution in [-0.4, -0.2) is 11.6 Å². The van der Waals surface area contributed by atoms with Crippen LogP contribution in [0.3, 0.4) is 0 Å². The lowest BCUT2D eigenvalue weighted by Crippen LogP contribution is -2.61. The van der Waals surface area contributed by atoms with E-state index in [1.54, 1.807) is 0 Å². The SMILES string of the molecule is Cc1ccc2c(oc3ccccc32)c1N1C(C)C2CCC1(C)CC2. The molecule has 1 aromatic heterocycles. The normalized spacial score (nSPS) is 29.7. The van der Waals surface area contributed by atoms with Gasteiger partial charge in [0.25, 0.3) is 0 Å². The number of piperidine rings is 2. The molecule has 2 aliphatic heterocycles. The molecule has 2 nitrogen and oxygen atoms in total. The molecule has 0 amide bonds. The van der Waals surface area contributed by atoms with Crippen molar-refractivity contribution in [2.45, 2.75) is 58.0 Å². The van der Waals surface area contributed by atoms with Gasteiger partial charge in [0.1, 0.15) is 5.58 Å². The summed E-state index contributed by atoms with van der Waals surface area (Å²) < 4.78 is 6.38. The summed E-state index contributed by atoms with van der Waals surface area (Å²) in [4.78, 5) is 2.71. The van der Waals surface area contributed by atoms with Crippen molar-refractivity contribution in [3.8, 4) is 0 Å². The molecule has 1 unspecified atom stereocenters. The van der Waals surface area contributed by atoms with E-state index >= 15 is 0 Å². The summed E-state index contributed by atoms with van der Waals surface area (Å²) in [5.74, 6) is 0.825. The summed E-state index contributed by atoms with van der Waals surface area (Å²) in [5, 5.41) is 2.48. The molecule has 3 aromatic rings. The van der Waals surface area contributed by atoms with E-state index in [0.29, 0.717) is 6.04 Å². The minimum Gasteiger partial charge on any atom is -0.454 e. The molecular formula is C22H25NO. The molecule has 24 heavy (non-hydrogen) atoms. The van der Waals surface area contributed by atoms with Gasteiger partial charge in [0.2, 0.25) is 0 Å². The van der Waals surface area contributed by atoms with Gasteiger partial charge in [-0.3, -0.25) is 0 Å². The van der Waals surface area contributed by atoms with Gasteiger partial charge < -0.3 is 9.32 Å². The fourth-order valence-electron chi connectivity index (χ4n) is 5.33. The van der Waals surface area contributed by atoms with Gasteiger partial charge in [0.15, 0.2) is 5.58 Å². The molecular weight excluding hydrogens is 294 g/mol. The minimum atomic E-state index is 0.270. The molecule has 2 aromatic carbocycles. The maximum absolute atomic E-state index is 6.38. The van der Waals surface area contributed by atoms with E-state index in [4.69, 9.17) is 4.42 Å². The molecule has 3 aliphatic rings. The summed E-state index contributed by atoms with van der Waals surface area (Å²) >= 11 is 0. The molecule has 1 saturated carbocycles. The predicted molar refractivity (Wildman–Crippen MR) is 101 cm³/mol. The van der Waals surface area contributed by atoms with Gasteiger partial charge in [0, 0.05) is 22.4 Å². The standard InChI is InChI=1S/C22H25NO/c1-14-8-9-18-17-6-4-5-7-19(17)24-21(18)20(14)23-15(2)16-10-12-22(23,3)13-11-16/h4-9,15-16H,10-13H2,1-3H3. The Bertz CT molecular complexity index is 930. The largest absolute Gasteiger partial charge is 0.454 e. The Hall–Kier alpha value is -1.96. The van der Waals surface area contributed by atoms with Crippen LogP contribution in [0.2, 0.25) is 0 Å². The molecule has 3 heterocycles. The summed E-state index contributed by atoms with van der Waals surface area (Å²) in [6.45, 7) is 7.11. The number of para-hydroxylation sites is 1. The van der Waals surface area contributed by atoms with Gasteiger partial charge in [-0.05, 0) is 64.0 Å². The zero-order valence-electron chi connectivity index (χ0n) is 14.8. The zero-order chi connectivity index (χ0) is 16.5. The van der Waals surface area contributed by atoms with Crippen molar-refractivity contribution in [3.63, 3.8) is 0 Å². The highest BCUT2D eigenvalue weighted by molar-refractivity contribution is 6.09. The number of hydrogen-bond acceptors (Lipinski definition) is 2. The molecule has 3 fully saturated rings. The molecule has 2 bridgehead atoms. The first-order valence-electron chi connectivity index (χ1n) is 9.29. The van der Waals surface area contributed by atoms with Gasteiger partial charge in [0.05, 0.1) is 5.69 Å². The summed E-state index contributed by atoms with van der Waals surface area (Å²) in [6.07, 6.45) is 5.36. The molecule has 0 N–H and O–H groups in total. The first-order valence-corrected chi connectivity index (χ1v) is 9.29. The average molecular weight is 319 g/mol. The van der Waals surface area contributed by atoms with Crippen molar-refractivity contribution in [3.05, 3.63) is 42.0 Å². The fraction of sp³-hybridized carbons (Fsp3) is 0.455. The Morgan fingerprint density at radius 3 is 2.54 bits per heavy atom. The lowest BCUT2D eigenvalue weighted by molar-refractivity contribution is 0.134. The number of benzene rings is 2. The van der Waals surface area contributed by atoms with Crippen LogP contribution < -0.4 is 4.90 Å². The Balaban J connectivity index is 1.81. The molecule has 2 saturated heterocycles. The van der Waals surface area contributed by atoms with Crippen LogP contribution in [-0.2, 0) is 0 Å². The van der Waals surface area contributed by atoms with Gasteiger partial charge >= 0.3 is 0 Å². The number of aryl methyl sites for hydroxylation is 1. The highest BCUT2D eigenvalue weighted by Crippen LogP contribution is 2.51. The van der Waals surface area contributed by atoms with E-state index in [1.807, 2.05) is 0 Å². The predicted octanol–water partition coefficient (Wildman–Crippen LogP) is 6.05. The van der Waals surface area contributed by atoms with Crippen molar-refractivity contribution in [2.24, 2.45) is 5.92 Å². The molecule has 2 heteroatoms. The summed E-state index contributed by atoms with van der Waals surface area (Å²) in [5.41, 5.74) is 5.02. The topological polar surface area (TPSA) is 16.4 Å². The van der Waals surface area contributed by atoms with Crippen molar-refractivity contribution in [2.75, 3.05) is 4.90 Å². The van der Waals surface area contributed by atoms with E-state index in [1.165, 1.54) is 47.7 Å². The fourth-order valence-corrected chi connectivity index (χ4v) is 5.33. The third-order valence-corrected chi connectivity index (χ3v) is 6.74. The van der Waals surface area contributed by atoms with Crippen LogP contribution in [0, 0.1) is 12.8 Å². The molecule has 1 aliphatic carbocycles. The Morgan fingerprint density at radius 2 is 1.79 bits per heavy atom. The molecule has 0 radical (unpaired) electrons. The van der Waals surface area contributed by atoms with Crippen LogP contribution >= 0.6 is 0 Å². The number of fused-ring (bicyclic) bond motifs is 6. The number of hydrogen-bond donors (Lipinski definition) is 0. The third kappa shape index (κ3) is 1.77. The number of anilines is 1. The van der Waals surface area contributed by atoms with Gasteiger partial charge in [-0.15, -0.1) is 0 Å². The molecule has 6 rings (SSSR count). The second kappa shape index (κ2) is 4.78. The smallest absolute Gasteiger partial charge is 0.158 e. The monoisotopic (exact) mass is 319 g/mol. The van der Waals surface area contributed by atoms with E-state index in [-0.39, 0.29) is 5.54 Å². The van der Waals surface area contributed by atoms with Gasteiger partial charge in [-0.2, -0.15) is 0 Å². The molecule has 124 valence electrons. The average Bonchev–Trinajstić information content (AvgIpc) is 2.95. The van der Waals surface area contributed by atoms with Crippen LogP contribution in [0.5, 0.6) is 0 Å². The van der Waals surface area contributed by atoms with Crippen LogP contribution in [0.25, 0.3) is 21.9 Å². The Labute approximate surface area is 143 Å². The van der Waals surface area contributed by atoms with Crippen LogP contribution in [0.15, 0.2) is 40.8 Å². The highest BCUT2D eigenvalue weighted by Gasteiger charge is 2.48. The van der Waals surface area contributed by atoms with Crippen molar-refractivity contribution < 1.29 is 4.42 Å². The van der Waals surface area contributed by atoms with E-state index < -0.39 is 0 Å². The first-order chi connectivity index (χ1) is 11.6. The third-order valence-electron chi connectivity index (χ3n) is 6.74. The van der Waals surface area contributed by atoms with Crippen molar-refractivity contribution in [1.82, 2.24) is 0 Å². The van der Waals surface area contributed by atoms with Gasteiger partial charge in [-0.1, -0.05) is 30.3 Å². The van der Waals surface area contributed by atoms with E-state index in [9.17, 15) is 0 Å². The lowest BCUT2D eigenvalue weighted by Gasteiger charge is -2.58. The van der Waals surface area contributed by atoms with Crippen molar-refractivity contribution in [1.29, 1.82) is 0 Å². The maximum Gasteiger partial charge on any atom is 0.158 e. The van der Waals surface area contributed by atoms with E-state index in [2.05, 4.69) is 62.1 Å². The van der Waals surface area contributed by atoms with Crippen LogP contribution in [0.4, 0.5) is 5.69 Å². The van der Waals surface area contributed by atoms with Crippen LogP contribution in [0.1, 0.15) is 45.1 Å². The molecule has 1 atom stereocenters. The second-order valence-corrected chi connectivity index (χ2v) is 8.15.